The Morgan fingerprint density at radius 3 is 2.40 bits per heavy atom. The smallest absolute Gasteiger partial charge is 0.253 e. The number of carbonyl (C=O) groups excluding carboxylic acids is 2. The van der Waals surface area contributed by atoms with Gasteiger partial charge in [0.15, 0.2) is 0 Å². The van der Waals surface area contributed by atoms with E-state index in [1.807, 2.05) is 12.4 Å². The molecular weight excluding hydrogens is 466 g/mol. The molecule has 0 unspecified atom stereocenters. The second-order valence-electron chi connectivity index (χ2n) is 9.15. The Labute approximate surface area is 205 Å². The lowest BCUT2D eigenvalue weighted by Crippen LogP contribution is -2.39. The summed E-state index contributed by atoms with van der Waals surface area (Å²) in [5, 5.41) is 5.29. The summed E-state index contributed by atoms with van der Waals surface area (Å²) in [5.41, 5.74) is 2.59. The molecule has 0 radical (unpaired) electrons. The maximum atomic E-state index is 12.3. The molecule has 1 aliphatic carbocycles. The SMILES string of the molecule is CS(=O)(=O)n1ccc(C(=O)NCC(=O)NC2=NC(C3CCCC(c4ccncc4)CCC3)=CC2)c1. The summed E-state index contributed by atoms with van der Waals surface area (Å²) >= 11 is 0. The zero-order valence-electron chi connectivity index (χ0n) is 19.8. The number of aromatic nitrogens is 2. The zero-order valence-corrected chi connectivity index (χ0v) is 20.6. The fourth-order valence-electron chi connectivity index (χ4n) is 4.75. The van der Waals surface area contributed by atoms with Gasteiger partial charge in [0.25, 0.3) is 5.91 Å². The summed E-state index contributed by atoms with van der Waals surface area (Å²) in [7, 11) is -3.46. The van der Waals surface area contributed by atoms with Gasteiger partial charge in [-0.25, -0.2) is 13.4 Å². The van der Waals surface area contributed by atoms with Gasteiger partial charge in [-0.2, -0.15) is 0 Å². The molecule has 1 aliphatic heterocycles. The van der Waals surface area contributed by atoms with Crippen molar-refractivity contribution >= 4 is 27.7 Å². The Kier molecular flexibility index (Phi) is 7.80. The van der Waals surface area contributed by atoms with Gasteiger partial charge in [0.2, 0.25) is 15.9 Å². The van der Waals surface area contributed by atoms with E-state index in [-0.39, 0.29) is 18.0 Å². The second kappa shape index (κ2) is 11.0. The molecule has 1 saturated carbocycles. The number of pyridine rings is 1. The first-order valence-corrected chi connectivity index (χ1v) is 13.8. The highest BCUT2D eigenvalue weighted by atomic mass is 32.2. The number of nitrogens with zero attached hydrogens (tertiary/aromatic N) is 3. The van der Waals surface area contributed by atoms with Crippen LogP contribution in [0.2, 0.25) is 0 Å². The van der Waals surface area contributed by atoms with Gasteiger partial charge in [-0.15, -0.1) is 0 Å². The van der Waals surface area contributed by atoms with Crippen molar-refractivity contribution in [3.63, 3.8) is 0 Å². The molecule has 0 atom stereocenters. The summed E-state index contributed by atoms with van der Waals surface area (Å²) in [4.78, 5) is 33.3. The number of nitrogens with one attached hydrogen (secondary N) is 2. The van der Waals surface area contributed by atoms with Gasteiger partial charge in [0, 0.05) is 42.8 Å². The average molecular weight is 498 g/mol. The van der Waals surface area contributed by atoms with E-state index in [9.17, 15) is 18.0 Å². The van der Waals surface area contributed by atoms with Gasteiger partial charge in [0.1, 0.15) is 5.84 Å². The number of amides is 2. The minimum Gasteiger partial charge on any atom is -0.343 e. The first-order valence-electron chi connectivity index (χ1n) is 11.9. The Morgan fingerprint density at radius 1 is 1.06 bits per heavy atom. The predicted octanol–water partition coefficient (Wildman–Crippen LogP) is 2.98. The molecule has 0 saturated heterocycles. The zero-order chi connectivity index (χ0) is 24.8. The van der Waals surface area contributed by atoms with Gasteiger partial charge >= 0.3 is 0 Å². The van der Waals surface area contributed by atoms with E-state index >= 15 is 0 Å². The van der Waals surface area contributed by atoms with Crippen molar-refractivity contribution in [1.82, 2.24) is 19.6 Å². The number of rotatable bonds is 6. The molecule has 2 aromatic rings. The van der Waals surface area contributed by atoms with Crippen LogP contribution in [0.3, 0.4) is 0 Å². The van der Waals surface area contributed by atoms with E-state index < -0.39 is 15.9 Å². The number of allylic oxidation sites excluding steroid dienone is 1. The van der Waals surface area contributed by atoms with Gasteiger partial charge in [-0.3, -0.25) is 18.5 Å². The van der Waals surface area contributed by atoms with Crippen LogP contribution in [0.25, 0.3) is 0 Å². The van der Waals surface area contributed by atoms with Crippen LogP contribution in [0.1, 0.15) is 66.8 Å². The van der Waals surface area contributed by atoms with E-state index in [4.69, 9.17) is 0 Å². The summed E-state index contributed by atoms with van der Waals surface area (Å²) < 4.78 is 24.0. The van der Waals surface area contributed by atoms with Crippen molar-refractivity contribution in [3.05, 3.63) is 65.9 Å². The van der Waals surface area contributed by atoms with Crippen molar-refractivity contribution in [3.8, 4) is 0 Å². The molecule has 9 nitrogen and oxygen atoms in total. The standard InChI is InChI=1S/C25H31N5O4S/c1-35(33,34)30-15-12-21(17-30)25(32)27-16-24(31)29-23-9-8-22(28-23)20-6-2-4-18(5-3-7-20)19-10-13-26-14-11-19/h8,10-15,17-18,20H,2-7,9,16H2,1H3,(H,27,32)(H,28,29,31). The highest BCUT2D eigenvalue weighted by Crippen LogP contribution is 2.36. The van der Waals surface area contributed by atoms with Crippen molar-refractivity contribution in [2.75, 3.05) is 12.8 Å². The molecule has 4 rings (SSSR count). The number of aliphatic imine (C=N–C) groups is 1. The Hall–Kier alpha value is -3.27. The molecule has 2 N–H and O–H groups in total. The number of carbonyl (C=O) groups is 2. The first-order chi connectivity index (χ1) is 16.8. The molecule has 0 aromatic carbocycles. The average Bonchev–Trinajstić information content (AvgIpc) is 3.48. The van der Waals surface area contributed by atoms with E-state index in [0.29, 0.717) is 24.1 Å². The number of hydrogen-bond donors (Lipinski definition) is 2. The molecular formula is C25H31N5O4S. The molecule has 3 heterocycles. The fourth-order valence-corrected chi connectivity index (χ4v) is 5.33. The largest absolute Gasteiger partial charge is 0.343 e. The summed E-state index contributed by atoms with van der Waals surface area (Å²) in [6.07, 6.45) is 16.7. The van der Waals surface area contributed by atoms with Crippen molar-refractivity contribution < 1.29 is 18.0 Å². The third-order valence-corrected chi connectivity index (χ3v) is 7.57. The molecule has 2 aliphatic rings. The Balaban J connectivity index is 1.23. The highest BCUT2D eigenvalue weighted by molar-refractivity contribution is 7.89. The quantitative estimate of drug-likeness (QED) is 0.635. The molecule has 2 aromatic heterocycles. The van der Waals surface area contributed by atoms with Gasteiger partial charge < -0.3 is 10.6 Å². The Bertz CT molecular complexity index is 1220. The lowest BCUT2D eigenvalue weighted by atomic mass is 9.82. The first kappa shape index (κ1) is 24.8. The van der Waals surface area contributed by atoms with Crippen molar-refractivity contribution in [2.24, 2.45) is 10.9 Å². The minimum absolute atomic E-state index is 0.167. The highest BCUT2D eigenvalue weighted by Gasteiger charge is 2.23. The van der Waals surface area contributed by atoms with E-state index in [1.165, 1.54) is 24.0 Å². The van der Waals surface area contributed by atoms with E-state index in [1.54, 1.807) is 0 Å². The second-order valence-corrected chi connectivity index (χ2v) is 11.0. The van der Waals surface area contributed by atoms with Crippen molar-refractivity contribution in [1.29, 1.82) is 0 Å². The lowest BCUT2D eigenvalue weighted by Gasteiger charge is -2.24. The third kappa shape index (κ3) is 6.66. The van der Waals surface area contributed by atoms with Crippen LogP contribution in [-0.2, 0) is 14.8 Å². The number of amidine groups is 1. The minimum atomic E-state index is -3.46. The topological polar surface area (TPSA) is 123 Å². The van der Waals surface area contributed by atoms with Crippen molar-refractivity contribution in [2.45, 2.75) is 50.9 Å². The molecule has 2 amide bonds. The van der Waals surface area contributed by atoms with Gasteiger partial charge in [-0.05, 0) is 55.4 Å². The molecule has 186 valence electrons. The summed E-state index contributed by atoms with van der Waals surface area (Å²) in [6.45, 7) is -0.225. The predicted molar refractivity (Wildman–Crippen MR) is 133 cm³/mol. The molecule has 1 fully saturated rings. The van der Waals surface area contributed by atoms with Crippen LogP contribution in [0.4, 0.5) is 0 Å². The summed E-state index contributed by atoms with van der Waals surface area (Å²) in [5.74, 6) is 0.706. The fraction of sp³-hybridized carbons (Fsp3) is 0.440. The van der Waals surface area contributed by atoms with Gasteiger partial charge in [0.05, 0.1) is 18.4 Å². The van der Waals surface area contributed by atoms with E-state index in [2.05, 4.69) is 38.8 Å². The monoisotopic (exact) mass is 497 g/mol. The van der Waals surface area contributed by atoms with Crippen LogP contribution >= 0.6 is 0 Å². The van der Waals surface area contributed by atoms with Crippen LogP contribution < -0.4 is 10.6 Å². The van der Waals surface area contributed by atoms with Crippen LogP contribution in [0.5, 0.6) is 0 Å². The Morgan fingerprint density at radius 2 is 1.74 bits per heavy atom. The molecule has 10 heteroatoms. The lowest BCUT2D eigenvalue weighted by molar-refractivity contribution is -0.118. The van der Waals surface area contributed by atoms with Gasteiger partial charge in [-0.1, -0.05) is 18.9 Å². The molecule has 0 bridgehead atoms. The molecule has 35 heavy (non-hydrogen) atoms. The maximum absolute atomic E-state index is 12.3. The van der Waals surface area contributed by atoms with Crippen LogP contribution in [0, 0.1) is 5.92 Å². The summed E-state index contributed by atoms with van der Waals surface area (Å²) in [6, 6.07) is 5.63. The number of hydrogen-bond acceptors (Lipinski definition) is 6. The van der Waals surface area contributed by atoms with Crippen LogP contribution in [-0.4, -0.2) is 47.8 Å². The normalized spacial score (nSPS) is 20.8. The maximum Gasteiger partial charge on any atom is 0.253 e. The van der Waals surface area contributed by atoms with Crippen LogP contribution in [0.15, 0.2) is 59.8 Å². The van der Waals surface area contributed by atoms with E-state index in [0.717, 1.165) is 54.5 Å². The molecule has 0 spiro atoms. The third-order valence-electron chi connectivity index (χ3n) is 6.58.